The summed E-state index contributed by atoms with van der Waals surface area (Å²) in [6.45, 7) is 6.07. The Hall–Kier alpha value is -1.47. The molecular formula is C13H18N4OS2. The molecule has 5 nitrogen and oxygen atoms in total. The Kier molecular flexibility index (Phi) is 4.72. The molecule has 108 valence electrons. The van der Waals surface area contributed by atoms with Crippen LogP contribution in [0, 0.1) is 13.8 Å². The van der Waals surface area contributed by atoms with Gasteiger partial charge in [0.05, 0.1) is 11.7 Å². The fourth-order valence-corrected chi connectivity index (χ4v) is 3.42. The van der Waals surface area contributed by atoms with Crippen molar-refractivity contribution in [2.45, 2.75) is 33.2 Å². The summed E-state index contributed by atoms with van der Waals surface area (Å²) in [5.41, 5.74) is 1.48. The van der Waals surface area contributed by atoms with Gasteiger partial charge in [-0.25, -0.2) is 9.97 Å². The number of nitrogens with zero attached hydrogens (tertiary/aromatic N) is 2. The zero-order valence-electron chi connectivity index (χ0n) is 12.0. The Morgan fingerprint density at radius 2 is 2.15 bits per heavy atom. The standard InChI is InChI=1S/C13H18N4OS2/c1-5-9(12-15-7(2)8(3)20-12)16-11(18)10-6-19-13(14-4)17-10/h6,9H,5H2,1-4H3,(H,14,17)(H,16,18). The van der Waals surface area contributed by atoms with Gasteiger partial charge in [-0.2, -0.15) is 0 Å². The first-order chi connectivity index (χ1) is 9.55. The predicted molar refractivity (Wildman–Crippen MR) is 83.7 cm³/mol. The van der Waals surface area contributed by atoms with Gasteiger partial charge in [0.2, 0.25) is 0 Å². The molecule has 7 heteroatoms. The van der Waals surface area contributed by atoms with Crippen molar-refractivity contribution in [3.8, 4) is 0 Å². The van der Waals surface area contributed by atoms with Crippen LogP contribution in [0.3, 0.4) is 0 Å². The van der Waals surface area contributed by atoms with E-state index in [4.69, 9.17) is 0 Å². The number of aryl methyl sites for hydroxylation is 2. The van der Waals surface area contributed by atoms with E-state index in [0.717, 1.165) is 22.3 Å². The molecule has 0 bridgehead atoms. The summed E-state index contributed by atoms with van der Waals surface area (Å²) in [7, 11) is 1.79. The average molecular weight is 310 g/mol. The Morgan fingerprint density at radius 3 is 2.65 bits per heavy atom. The van der Waals surface area contributed by atoms with E-state index in [1.165, 1.54) is 16.2 Å². The number of rotatable bonds is 5. The van der Waals surface area contributed by atoms with Gasteiger partial charge in [0.25, 0.3) is 5.91 Å². The lowest BCUT2D eigenvalue weighted by molar-refractivity contribution is 0.0931. The molecule has 0 aliphatic rings. The first kappa shape index (κ1) is 14.9. The predicted octanol–water partition coefficient (Wildman–Crippen LogP) is 3.14. The van der Waals surface area contributed by atoms with Gasteiger partial charge in [0.15, 0.2) is 5.13 Å². The number of carbonyl (C=O) groups is 1. The summed E-state index contributed by atoms with van der Waals surface area (Å²) in [4.78, 5) is 22.1. The number of aromatic nitrogens is 2. The number of anilines is 1. The molecule has 1 amide bonds. The Bertz CT molecular complexity index is 586. The second kappa shape index (κ2) is 6.32. The average Bonchev–Trinajstić information content (AvgIpc) is 3.03. The van der Waals surface area contributed by atoms with Crippen molar-refractivity contribution in [3.63, 3.8) is 0 Å². The van der Waals surface area contributed by atoms with Gasteiger partial charge >= 0.3 is 0 Å². The summed E-state index contributed by atoms with van der Waals surface area (Å²) >= 11 is 3.06. The van der Waals surface area contributed by atoms with Crippen LogP contribution in [0.25, 0.3) is 0 Å². The Balaban J connectivity index is 2.11. The highest BCUT2D eigenvalue weighted by atomic mass is 32.1. The highest BCUT2D eigenvalue weighted by molar-refractivity contribution is 7.13. The topological polar surface area (TPSA) is 66.9 Å². The molecule has 2 heterocycles. The largest absolute Gasteiger partial charge is 0.365 e. The first-order valence-electron chi connectivity index (χ1n) is 6.43. The highest BCUT2D eigenvalue weighted by Gasteiger charge is 2.19. The van der Waals surface area contributed by atoms with Crippen molar-refractivity contribution >= 4 is 33.7 Å². The molecule has 0 saturated carbocycles. The van der Waals surface area contributed by atoms with Gasteiger partial charge in [0, 0.05) is 17.3 Å². The fraction of sp³-hybridized carbons (Fsp3) is 0.462. The normalized spacial score (nSPS) is 12.2. The van der Waals surface area contributed by atoms with Crippen LogP contribution >= 0.6 is 22.7 Å². The van der Waals surface area contributed by atoms with E-state index in [1.54, 1.807) is 23.8 Å². The van der Waals surface area contributed by atoms with E-state index < -0.39 is 0 Å². The molecule has 2 aromatic heterocycles. The van der Waals surface area contributed by atoms with Crippen molar-refractivity contribution in [2.24, 2.45) is 0 Å². The number of hydrogen-bond acceptors (Lipinski definition) is 6. The molecule has 0 aromatic carbocycles. The lowest BCUT2D eigenvalue weighted by Crippen LogP contribution is -2.28. The van der Waals surface area contributed by atoms with Crippen LogP contribution < -0.4 is 10.6 Å². The zero-order valence-corrected chi connectivity index (χ0v) is 13.6. The van der Waals surface area contributed by atoms with Gasteiger partial charge in [0.1, 0.15) is 10.7 Å². The van der Waals surface area contributed by atoms with Gasteiger partial charge in [-0.3, -0.25) is 4.79 Å². The van der Waals surface area contributed by atoms with Crippen LogP contribution in [0.2, 0.25) is 0 Å². The number of thiazole rings is 2. The number of carbonyl (C=O) groups excluding carboxylic acids is 1. The van der Waals surface area contributed by atoms with Crippen LogP contribution in [0.5, 0.6) is 0 Å². The molecule has 0 spiro atoms. The first-order valence-corrected chi connectivity index (χ1v) is 8.12. The smallest absolute Gasteiger partial charge is 0.271 e. The summed E-state index contributed by atoms with van der Waals surface area (Å²) in [5.74, 6) is -0.153. The summed E-state index contributed by atoms with van der Waals surface area (Å²) < 4.78 is 0. The third-order valence-electron chi connectivity index (χ3n) is 3.01. The van der Waals surface area contributed by atoms with E-state index in [2.05, 4.69) is 20.6 Å². The van der Waals surface area contributed by atoms with E-state index >= 15 is 0 Å². The van der Waals surface area contributed by atoms with Crippen molar-refractivity contribution in [1.82, 2.24) is 15.3 Å². The molecule has 0 aliphatic heterocycles. The van der Waals surface area contributed by atoms with Crippen molar-refractivity contribution in [3.05, 3.63) is 26.7 Å². The van der Waals surface area contributed by atoms with Crippen molar-refractivity contribution in [1.29, 1.82) is 0 Å². The minimum absolute atomic E-state index is 0.0559. The van der Waals surface area contributed by atoms with Gasteiger partial charge < -0.3 is 10.6 Å². The van der Waals surface area contributed by atoms with E-state index in [-0.39, 0.29) is 11.9 Å². The number of nitrogens with one attached hydrogen (secondary N) is 2. The van der Waals surface area contributed by atoms with Crippen molar-refractivity contribution < 1.29 is 4.79 Å². The second-order valence-corrected chi connectivity index (χ2v) is 6.51. The van der Waals surface area contributed by atoms with Crippen LogP contribution in [0.1, 0.15) is 45.5 Å². The minimum Gasteiger partial charge on any atom is -0.365 e. The zero-order chi connectivity index (χ0) is 14.7. The molecule has 1 unspecified atom stereocenters. The van der Waals surface area contributed by atoms with E-state index in [0.29, 0.717) is 5.69 Å². The Labute approximate surface area is 126 Å². The lowest BCUT2D eigenvalue weighted by atomic mass is 10.2. The monoisotopic (exact) mass is 310 g/mol. The molecule has 20 heavy (non-hydrogen) atoms. The summed E-state index contributed by atoms with van der Waals surface area (Å²) in [6, 6.07) is -0.0559. The van der Waals surface area contributed by atoms with Gasteiger partial charge in [-0.05, 0) is 20.3 Å². The third-order valence-corrected chi connectivity index (χ3v) is 5.05. The molecule has 2 N–H and O–H groups in total. The van der Waals surface area contributed by atoms with Crippen LogP contribution in [-0.2, 0) is 0 Å². The molecule has 0 aliphatic carbocycles. The quantitative estimate of drug-likeness (QED) is 0.890. The maximum atomic E-state index is 12.2. The maximum absolute atomic E-state index is 12.2. The molecule has 0 fully saturated rings. The van der Waals surface area contributed by atoms with Crippen molar-refractivity contribution in [2.75, 3.05) is 12.4 Å². The SMILES string of the molecule is CCC(NC(=O)c1csc(NC)n1)c1nc(C)c(C)s1. The highest BCUT2D eigenvalue weighted by Crippen LogP contribution is 2.25. The van der Waals surface area contributed by atoms with Crippen LogP contribution in [-0.4, -0.2) is 22.9 Å². The summed E-state index contributed by atoms with van der Waals surface area (Å²) in [6.07, 6.45) is 0.807. The maximum Gasteiger partial charge on any atom is 0.271 e. The molecular weight excluding hydrogens is 292 g/mol. The fourth-order valence-electron chi connectivity index (χ4n) is 1.71. The molecule has 2 aromatic rings. The minimum atomic E-state index is -0.153. The van der Waals surface area contributed by atoms with E-state index in [9.17, 15) is 4.79 Å². The Morgan fingerprint density at radius 1 is 1.40 bits per heavy atom. The van der Waals surface area contributed by atoms with Gasteiger partial charge in [-0.15, -0.1) is 22.7 Å². The van der Waals surface area contributed by atoms with Crippen LogP contribution in [0.4, 0.5) is 5.13 Å². The lowest BCUT2D eigenvalue weighted by Gasteiger charge is -2.13. The van der Waals surface area contributed by atoms with E-state index in [1.807, 2.05) is 20.8 Å². The summed E-state index contributed by atoms with van der Waals surface area (Å²) in [5, 5.41) is 9.39. The molecule has 2 rings (SSSR count). The number of amides is 1. The van der Waals surface area contributed by atoms with Crippen LogP contribution in [0.15, 0.2) is 5.38 Å². The molecule has 0 radical (unpaired) electrons. The molecule has 1 atom stereocenters. The molecule has 0 saturated heterocycles. The second-order valence-electron chi connectivity index (χ2n) is 4.42. The number of hydrogen-bond donors (Lipinski definition) is 2. The third kappa shape index (κ3) is 3.16. The van der Waals surface area contributed by atoms with Gasteiger partial charge in [-0.1, -0.05) is 6.92 Å².